The van der Waals surface area contributed by atoms with E-state index in [9.17, 15) is 9.59 Å². The Morgan fingerprint density at radius 1 is 0.634 bits per heavy atom. The molecule has 41 heavy (non-hydrogen) atoms. The fourth-order valence-corrected chi connectivity index (χ4v) is 5.49. The third-order valence-electron chi connectivity index (χ3n) is 8.04. The highest BCUT2D eigenvalue weighted by Gasteiger charge is 2.10. The molecule has 228 valence electrons. The van der Waals surface area contributed by atoms with Crippen molar-refractivity contribution in [2.24, 2.45) is 5.92 Å². The summed E-state index contributed by atoms with van der Waals surface area (Å²) in [6.45, 7) is 4.59. The van der Waals surface area contributed by atoms with Gasteiger partial charge in [-0.05, 0) is 48.7 Å². The Morgan fingerprint density at radius 3 is 1.73 bits per heavy atom. The van der Waals surface area contributed by atoms with Gasteiger partial charge in [-0.25, -0.2) is 4.98 Å². The number of nitrogens with zero attached hydrogens (tertiary/aromatic N) is 1. The van der Waals surface area contributed by atoms with Gasteiger partial charge in [-0.3, -0.25) is 9.59 Å². The number of rotatable bonds is 24. The van der Waals surface area contributed by atoms with E-state index in [1.165, 1.54) is 109 Å². The number of nitrogens with one attached hydrogen (secondary N) is 2. The quantitative estimate of drug-likeness (QED) is 0.125. The Labute approximate surface area is 250 Å². The smallest absolute Gasteiger partial charge is 0.256 e. The van der Waals surface area contributed by atoms with Crippen molar-refractivity contribution in [1.82, 2.24) is 4.98 Å². The molecule has 1 atom stereocenters. The minimum absolute atomic E-state index is 0.0382. The number of unbranched alkanes of at least 4 members (excludes halogenated alkanes) is 13. The number of pyridine rings is 1. The van der Waals surface area contributed by atoms with Crippen molar-refractivity contribution in [2.75, 3.05) is 10.6 Å². The zero-order chi connectivity index (χ0) is 29.4. The number of carbonyl (C=O) groups is 2. The standard InChI is InChI=1S/C36H57N3O2/c1-3-5-7-9-12-16-22-31(21-15-8-6-4-2)23-17-13-10-11-14-18-25-35(40)38-33-28-26-32(27-29-33)36(41)39-34-24-19-20-30-37-34/h19-20,24,26-31H,3-18,21-23,25H2,1-2H3,(H,38,40)(H,37,39,41). The molecule has 0 aliphatic carbocycles. The highest BCUT2D eigenvalue weighted by molar-refractivity contribution is 6.04. The van der Waals surface area contributed by atoms with Crippen LogP contribution in [-0.4, -0.2) is 16.8 Å². The molecule has 1 aromatic heterocycles. The third kappa shape index (κ3) is 17.0. The molecule has 2 amide bonds. The lowest BCUT2D eigenvalue weighted by Gasteiger charge is -2.17. The lowest BCUT2D eigenvalue weighted by Crippen LogP contribution is -2.14. The SMILES string of the molecule is CCCCCCCCC(CCCCCC)CCCCCCCCC(=O)Nc1ccc(C(=O)Nc2ccccn2)cc1. The van der Waals surface area contributed by atoms with Crippen molar-refractivity contribution in [1.29, 1.82) is 0 Å². The molecule has 1 heterocycles. The molecule has 2 N–H and O–H groups in total. The van der Waals surface area contributed by atoms with Crippen LogP contribution in [-0.2, 0) is 4.79 Å². The molecule has 0 bridgehead atoms. The molecule has 0 aliphatic rings. The third-order valence-corrected chi connectivity index (χ3v) is 8.04. The van der Waals surface area contributed by atoms with E-state index >= 15 is 0 Å². The van der Waals surface area contributed by atoms with Crippen LogP contribution in [0.3, 0.4) is 0 Å². The van der Waals surface area contributed by atoms with Gasteiger partial charge in [0.05, 0.1) is 0 Å². The summed E-state index contributed by atoms with van der Waals surface area (Å²) in [5.74, 6) is 1.27. The van der Waals surface area contributed by atoms with Crippen molar-refractivity contribution in [3.8, 4) is 0 Å². The van der Waals surface area contributed by atoms with Crippen molar-refractivity contribution in [2.45, 2.75) is 142 Å². The van der Waals surface area contributed by atoms with Gasteiger partial charge >= 0.3 is 0 Å². The van der Waals surface area contributed by atoms with Crippen molar-refractivity contribution < 1.29 is 9.59 Å². The highest BCUT2D eigenvalue weighted by atomic mass is 16.2. The fourth-order valence-electron chi connectivity index (χ4n) is 5.49. The molecular weight excluding hydrogens is 506 g/mol. The van der Waals surface area contributed by atoms with Gasteiger partial charge in [-0.1, -0.05) is 135 Å². The monoisotopic (exact) mass is 563 g/mol. The normalized spacial score (nSPS) is 11.8. The predicted molar refractivity (Wildman–Crippen MR) is 174 cm³/mol. The summed E-state index contributed by atoms with van der Waals surface area (Å²) in [6.07, 6.45) is 27.6. The molecule has 2 rings (SSSR count). The number of anilines is 2. The second-order valence-electron chi connectivity index (χ2n) is 11.7. The van der Waals surface area contributed by atoms with Crippen molar-refractivity contribution >= 4 is 23.3 Å². The van der Waals surface area contributed by atoms with E-state index in [-0.39, 0.29) is 11.8 Å². The second kappa shape index (κ2) is 22.9. The number of hydrogen-bond acceptors (Lipinski definition) is 3. The zero-order valence-corrected chi connectivity index (χ0v) is 26.1. The minimum atomic E-state index is -0.220. The topological polar surface area (TPSA) is 71.1 Å². The average molecular weight is 564 g/mol. The van der Waals surface area contributed by atoms with Gasteiger partial charge < -0.3 is 10.6 Å². The molecule has 0 aliphatic heterocycles. The fraction of sp³-hybridized carbons (Fsp3) is 0.639. The first-order valence-electron chi connectivity index (χ1n) is 16.7. The summed E-state index contributed by atoms with van der Waals surface area (Å²) >= 11 is 0. The van der Waals surface area contributed by atoms with Gasteiger partial charge in [0.15, 0.2) is 0 Å². The molecule has 0 fully saturated rings. The van der Waals surface area contributed by atoms with Crippen LogP contribution in [0, 0.1) is 5.92 Å². The molecule has 1 aromatic carbocycles. The van der Waals surface area contributed by atoms with Gasteiger partial charge in [0.1, 0.15) is 5.82 Å². The van der Waals surface area contributed by atoms with E-state index in [1.54, 1.807) is 42.6 Å². The number of hydrogen-bond donors (Lipinski definition) is 2. The number of benzene rings is 1. The maximum atomic E-state index is 12.4. The molecule has 2 aromatic rings. The summed E-state index contributed by atoms with van der Waals surface area (Å²) in [7, 11) is 0. The van der Waals surface area contributed by atoms with E-state index in [0.29, 0.717) is 17.8 Å². The first kappa shape index (κ1) is 34.5. The van der Waals surface area contributed by atoms with Crippen LogP contribution in [0.5, 0.6) is 0 Å². The Hall–Kier alpha value is -2.69. The number of amides is 2. The molecule has 5 nitrogen and oxygen atoms in total. The number of carbonyl (C=O) groups excluding carboxylic acids is 2. The Balaban J connectivity index is 1.54. The van der Waals surface area contributed by atoms with Gasteiger partial charge in [0.2, 0.25) is 5.91 Å². The predicted octanol–water partition coefficient (Wildman–Crippen LogP) is 10.7. The maximum absolute atomic E-state index is 12.4. The summed E-state index contributed by atoms with van der Waals surface area (Å²) in [5, 5.41) is 5.72. The maximum Gasteiger partial charge on any atom is 0.256 e. The van der Waals surface area contributed by atoms with Crippen LogP contribution in [0.15, 0.2) is 48.7 Å². The Morgan fingerprint density at radius 2 is 1.17 bits per heavy atom. The van der Waals surface area contributed by atoms with Crippen LogP contribution < -0.4 is 10.6 Å². The van der Waals surface area contributed by atoms with E-state index in [0.717, 1.165) is 24.4 Å². The van der Waals surface area contributed by atoms with E-state index in [1.807, 2.05) is 6.07 Å². The average Bonchev–Trinajstić information content (AvgIpc) is 2.98. The largest absolute Gasteiger partial charge is 0.326 e. The zero-order valence-electron chi connectivity index (χ0n) is 26.1. The van der Waals surface area contributed by atoms with Gasteiger partial charge in [0, 0.05) is 23.9 Å². The molecule has 1 unspecified atom stereocenters. The van der Waals surface area contributed by atoms with Gasteiger partial charge in [-0.15, -0.1) is 0 Å². The first-order valence-corrected chi connectivity index (χ1v) is 16.7. The molecule has 5 heteroatoms. The van der Waals surface area contributed by atoms with Crippen LogP contribution in [0.25, 0.3) is 0 Å². The first-order chi connectivity index (χ1) is 20.1. The van der Waals surface area contributed by atoms with E-state index in [2.05, 4.69) is 29.5 Å². The van der Waals surface area contributed by atoms with Gasteiger partial charge in [-0.2, -0.15) is 0 Å². The van der Waals surface area contributed by atoms with Crippen LogP contribution in [0.2, 0.25) is 0 Å². The summed E-state index contributed by atoms with van der Waals surface area (Å²) in [6, 6.07) is 12.4. The van der Waals surface area contributed by atoms with Crippen molar-refractivity contribution in [3.63, 3.8) is 0 Å². The highest BCUT2D eigenvalue weighted by Crippen LogP contribution is 2.24. The van der Waals surface area contributed by atoms with Crippen LogP contribution in [0.4, 0.5) is 11.5 Å². The lowest BCUT2D eigenvalue weighted by molar-refractivity contribution is -0.116. The van der Waals surface area contributed by atoms with E-state index < -0.39 is 0 Å². The van der Waals surface area contributed by atoms with E-state index in [4.69, 9.17) is 0 Å². The summed E-state index contributed by atoms with van der Waals surface area (Å²) in [4.78, 5) is 28.8. The summed E-state index contributed by atoms with van der Waals surface area (Å²) < 4.78 is 0. The molecule has 0 radical (unpaired) electrons. The van der Waals surface area contributed by atoms with Crippen LogP contribution >= 0.6 is 0 Å². The van der Waals surface area contributed by atoms with Crippen LogP contribution in [0.1, 0.15) is 153 Å². The summed E-state index contributed by atoms with van der Waals surface area (Å²) in [5.41, 5.74) is 1.24. The molecule has 0 saturated heterocycles. The second-order valence-corrected chi connectivity index (χ2v) is 11.7. The molecular formula is C36H57N3O2. The Bertz CT molecular complexity index is 930. The molecule has 0 saturated carbocycles. The lowest BCUT2D eigenvalue weighted by atomic mass is 9.89. The minimum Gasteiger partial charge on any atom is -0.326 e. The van der Waals surface area contributed by atoms with Crippen molar-refractivity contribution in [3.05, 3.63) is 54.2 Å². The Kier molecular flexibility index (Phi) is 19.3. The van der Waals surface area contributed by atoms with Gasteiger partial charge in [0.25, 0.3) is 5.91 Å². The number of aromatic nitrogens is 1. The molecule has 0 spiro atoms.